The molecule has 0 aliphatic rings. The van der Waals surface area contributed by atoms with Crippen LogP contribution in [-0.4, -0.2) is 12.1 Å². The molecule has 0 heterocycles. The number of hydrogen-bond acceptors (Lipinski definition) is 2. The maximum atomic E-state index is 11.4. The highest BCUT2D eigenvalue weighted by Crippen LogP contribution is 2.15. The molecule has 0 saturated carbocycles. The number of amides is 1. The molecule has 0 fully saturated rings. The van der Waals surface area contributed by atoms with Gasteiger partial charge in [0.25, 0.3) is 5.91 Å². The van der Waals surface area contributed by atoms with Crippen LogP contribution in [-0.2, 0) is 0 Å². The highest BCUT2D eigenvalue weighted by Gasteiger charge is 2.06. The molecule has 0 saturated heterocycles. The van der Waals surface area contributed by atoms with Gasteiger partial charge in [0.1, 0.15) is 0 Å². The SMILES string of the molecule is CC=NNC(=O)c1ccccc1Br. The van der Waals surface area contributed by atoms with Crippen molar-refractivity contribution in [3.63, 3.8) is 0 Å². The molecule has 0 radical (unpaired) electrons. The Labute approximate surface area is 85.0 Å². The number of rotatable bonds is 2. The number of carbonyl (C=O) groups excluding carboxylic acids is 1. The number of halogens is 1. The summed E-state index contributed by atoms with van der Waals surface area (Å²) in [5.41, 5.74) is 2.97. The summed E-state index contributed by atoms with van der Waals surface area (Å²) in [5.74, 6) is -0.217. The van der Waals surface area contributed by atoms with Crippen molar-refractivity contribution >= 4 is 28.1 Å². The summed E-state index contributed by atoms with van der Waals surface area (Å²) in [6.45, 7) is 1.74. The first-order chi connectivity index (χ1) is 6.25. The number of nitrogens with zero attached hydrogens (tertiary/aromatic N) is 1. The molecule has 0 bridgehead atoms. The van der Waals surface area contributed by atoms with Crippen molar-refractivity contribution < 1.29 is 4.79 Å². The average molecular weight is 241 g/mol. The standard InChI is InChI=1S/C9H9BrN2O/c1-2-11-12-9(13)7-5-3-4-6-8(7)10/h2-6H,1H3,(H,12,13). The summed E-state index contributed by atoms with van der Waals surface area (Å²) in [6.07, 6.45) is 1.52. The van der Waals surface area contributed by atoms with Crippen LogP contribution in [0.4, 0.5) is 0 Å². The molecule has 1 aromatic carbocycles. The maximum absolute atomic E-state index is 11.4. The first-order valence-corrected chi connectivity index (χ1v) is 4.57. The van der Waals surface area contributed by atoms with Crippen molar-refractivity contribution in [2.45, 2.75) is 6.92 Å². The van der Waals surface area contributed by atoms with Gasteiger partial charge in [-0.15, -0.1) is 0 Å². The van der Waals surface area contributed by atoms with E-state index in [1.807, 2.05) is 12.1 Å². The van der Waals surface area contributed by atoms with E-state index in [0.29, 0.717) is 5.56 Å². The lowest BCUT2D eigenvalue weighted by molar-refractivity contribution is 0.0954. The molecule has 1 amide bonds. The van der Waals surface area contributed by atoms with Gasteiger partial charge in [-0.25, -0.2) is 5.43 Å². The fourth-order valence-corrected chi connectivity index (χ4v) is 1.29. The van der Waals surface area contributed by atoms with Crippen molar-refractivity contribution in [1.82, 2.24) is 5.43 Å². The zero-order valence-electron chi connectivity index (χ0n) is 7.12. The van der Waals surface area contributed by atoms with Crippen LogP contribution >= 0.6 is 15.9 Å². The third-order valence-electron chi connectivity index (χ3n) is 1.41. The Morgan fingerprint density at radius 3 is 2.85 bits per heavy atom. The van der Waals surface area contributed by atoms with Gasteiger partial charge in [-0.3, -0.25) is 4.79 Å². The minimum atomic E-state index is -0.217. The number of nitrogens with one attached hydrogen (secondary N) is 1. The van der Waals surface area contributed by atoms with Crippen molar-refractivity contribution in [2.75, 3.05) is 0 Å². The molecule has 1 N–H and O–H groups in total. The Morgan fingerprint density at radius 1 is 1.54 bits per heavy atom. The van der Waals surface area contributed by atoms with Gasteiger partial charge >= 0.3 is 0 Å². The van der Waals surface area contributed by atoms with E-state index in [0.717, 1.165) is 4.47 Å². The van der Waals surface area contributed by atoms with Gasteiger partial charge in [0.05, 0.1) is 5.56 Å². The molecular formula is C9H9BrN2O. The third-order valence-corrected chi connectivity index (χ3v) is 2.11. The van der Waals surface area contributed by atoms with Crippen molar-refractivity contribution in [2.24, 2.45) is 5.10 Å². The van der Waals surface area contributed by atoms with E-state index >= 15 is 0 Å². The molecule has 13 heavy (non-hydrogen) atoms. The van der Waals surface area contributed by atoms with Gasteiger partial charge in [-0.2, -0.15) is 5.10 Å². The third kappa shape index (κ3) is 2.66. The summed E-state index contributed by atoms with van der Waals surface area (Å²) >= 11 is 3.28. The lowest BCUT2D eigenvalue weighted by atomic mass is 10.2. The van der Waals surface area contributed by atoms with Gasteiger partial charge in [0, 0.05) is 10.7 Å². The molecule has 1 aromatic rings. The highest BCUT2D eigenvalue weighted by atomic mass is 79.9. The fourth-order valence-electron chi connectivity index (χ4n) is 0.829. The molecule has 3 nitrogen and oxygen atoms in total. The fraction of sp³-hybridized carbons (Fsp3) is 0.111. The molecule has 68 valence electrons. The predicted molar refractivity (Wildman–Crippen MR) is 55.8 cm³/mol. The molecule has 0 aromatic heterocycles. The Balaban J connectivity index is 2.83. The first-order valence-electron chi connectivity index (χ1n) is 3.78. The number of benzene rings is 1. The van der Waals surface area contributed by atoms with Crippen molar-refractivity contribution in [3.8, 4) is 0 Å². The highest BCUT2D eigenvalue weighted by molar-refractivity contribution is 9.10. The topological polar surface area (TPSA) is 41.5 Å². The number of carbonyl (C=O) groups is 1. The van der Waals surface area contributed by atoms with E-state index in [-0.39, 0.29) is 5.91 Å². The normalized spacial score (nSPS) is 10.3. The second kappa shape index (κ2) is 4.77. The summed E-state index contributed by atoms with van der Waals surface area (Å²) < 4.78 is 0.763. The Morgan fingerprint density at radius 2 is 2.23 bits per heavy atom. The van der Waals surface area contributed by atoms with Gasteiger partial charge in [0.2, 0.25) is 0 Å². The predicted octanol–water partition coefficient (Wildman–Crippen LogP) is 2.18. The Bertz CT molecular complexity index is 336. The summed E-state index contributed by atoms with van der Waals surface area (Å²) in [4.78, 5) is 11.4. The van der Waals surface area contributed by atoms with Crippen LogP contribution in [0.3, 0.4) is 0 Å². The number of hydrazone groups is 1. The van der Waals surface area contributed by atoms with Gasteiger partial charge < -0.3 is 0 Å². The molecule has 0 aliphatic carbocycles. The van der Waals surface area contributed by atoms with Gasteiger partial charge in [0.15, 0.2) is 0 Å². The summed E-state index contributed by atoms with van der Waals surface area (Å²) in [7, 11) is 0. The zero-order valence-corrected chi connectivity index (χ0v) is 8.71. The molecule has 4 heteroatoms. The molecule has 0 spiro atoms. The van der Waals surface area contributed by atoms with Crippen molar-refractivity contribution in [1.29, 1.82) is 0 Å². The molecule has 0 unspecified atom stereocenters. The Kier molecular flexibility index (Phi) is 3.64. The monoisotopic (exact) mass is 240 g/mol. The summed E-state index contributed by atoms with van der Waals surface area (Å²) in [5, 5.41) is 3.64. The van der Waals surface area contributed by atoms with E-state index in [2.05, 4.69) is 26.5 Å². The zero-order chi connectivity index (χ0) is 9.68. The van der Waals surface area contributed by atoms with E-state index in [9.17, 15) is 4.79 Å². The molecule has 1 rings (SSSR count). The molecular weight excluding hydrogens is 232 g/mol. The van der Waals surface area contributed by atoms with Crippen molar-refractivity contribution in [3.05, 3.63) is 34.3 Å². The maximum Gasteiger partial charge on any atom is 0.272 e. The van der Waals surface area contributed by atoms with E-state index < -0.39 is 0 Å². The van der Waals surface area contributed by atoms with Crippen LogP contribution < -0.4 is 5.43 Å². The lowest BCUT2D eigenvalue weighted by Gasteiger charge is -2.00. The minimum absolute atomic E-state index is 0.217. The molecule has 0 atom stereocenters. The lowest BCUT2D eigenvalue weighted by Crippen LogP contribution is -2.17. The minimum Gasteiger partial charge on any atom is -0.267 e. The van der Waals surface area contributed by atoms with E-state index in [1.165, 1.54) is 6.21 Å². The second-order valence-corrected chi connectivity index (χ2v) is 3.16. The van der Waals surface area contributed by atoms with Crippen LogP contribution in [0.25, 0.3) is 0 Å². The van der Waals surface area contributed by atoms with Crippen LogP contribution in [0.15, 0.2) is 33.8 Å². The van der Waals surface area contributed by atoms with Crippen LogP contribution in [0.2, 0.25) is 0 Å². The van der Waals surface area contributed by atoms with E-state index in [4.69, 9.17) is 0 Å². The first kappa shape index (κ1) is 9.92. The molecule has 0 aliphatic heterocycles. The van der Waals surface area contributed by atoms with Gasteiger partial charge in [-0.1, -0.05) is 12.1 Å². The largest absolute Gasteiger partial charge is 0.272 e. The smallest absolute Gasteiger partial charge is 0.267 e. The van der Waals surface area contributed by atoms with Crippen LogP contribution in [0.1, 0.15) is 17.3 Å². The number of hydrogen-bond donors (Lipinski definition) is 1. The van der Waals surface area contributed by atoms with Crippen LogP contribution in [0, 0.1) is 0 Å². The second-order valence-electron chi connectivity index (χ2n) is 2.31. The quantitative estimate of drug-likeness (QED) is 0.625. The average Bonchev–Trinajstić information content (AvgIpc) is 2.15. The van der Waals surface area contributed by atoms with Crippen LogP contribution in [0.5, 0.6) is 0 Å². The van der Waals surface area contributed by atoms with Gasteiger partial charge in [-0.05, 0) is 35.0 Å². The van der Waals surface area contributed by atoms with E-state index in [1.54, 1.807) is 19.1 Å². The summed E-state index contributed by atoms with van der Waals surface area (Å²) in [6, 6.07) is 7.19. The Hall–Kier alpha value is -1.16.